The molecule has 0 bridgehead atoms. The van der Waals surface area contributed by atoms with Gasteiger partial charge in [-0.05, 0) is 46.8 Å². The molecule has 0 atom stereocenters. The van der Waals surface area contributed by atoms with Gasteiger partial charge in [0.05, 0.1) is 16.7 Å². The Hall–Kier alpha value is -5.50. The lowest BCUT2D eigenvalue weighted by molar-refractivity contribution is 1.20. The second-order valence-corrected chi connectivity index (χ2v) is 12.7. The van der Waals surface area contributed by atoms with E-state index in [1.807, 2.05) is 47.9 Å². The maximum absolute atomic E-state index is 4.58. The van der Waals surface area contributed by atoms with Crippen LogP contribution in [0.2, 0.25) is 0 Å². The molecule has 4 aromatic carbocycles. The van der Waals surface area contributed by atoms with Crippen LogP contribution >= 0.6 is 22.7 Å². The van der Waals surface area contributed by atoms with Crippen molar-refractivity contribution >= 4 is 55.3 Å². The number of thiazole rings is 2. The quantitative estimate of drug-likeness (QED) is 0.194. The molecule has 0 saturated carbocycles. The Morgan fingerprint density at radius 1 is 0.467 bits per heavy atom. The molecule has 5 aromatic heterocycles. The van der Waals surface area contributed by atoms with Gasteiger partial charge in [-0.1, -0.05) is 60.7 Å². The van der Waals surface area contributed by atoms with Crippen LogP contribution < -0.4 is 0 Å². The zero-order chi connectivity index (χ0) is 29.7. The van der Waals surface area contributed by atoms with Crippen molar-refractivity contribution < 1.29 is 0 Å². The summed E-state index contributed by atoms with van der Waals surface area (Å²) in [4.78, 5) is 18.2. The molecule has 9 aromatic rings. The second-order valence-electron chi connectivity index (χ2n) is 10.9. The van der Waals surface area contributed by atoms with Gasteiger partial charge in [-0.3, -0.25) is 9.97 Å². The number of hydrogen-bond donors (Lipinski definition) is 0. The third-order valence-electron chi connectivity index (χ3n) is 8.28. The van der Waals surface area contributed by atoms with Crippen LogP contribution in [0, 0.1) is 0 Å². The summed E-state index contributed by atoms with van der Waals surface area (Å²) in [5, 5.41) is 10.7. The molecule has 0 N–H and O–H groups in total. The first kappa shape index (κ1) is 25.9. The van der Waals surface area contributed by atoms with E-state index in [9.17, 15) is 0 Å². The number of aromatic nitrogens is 5. The summed E-state index contributed by atoms with van der Waals surface area (Å²) in [7, 11) is 0. The standard InChI is InChI=1S/C38H23N5S2/c1-2-6-31-24(4-1)5-3-7-34(31)43-35-18-25(27-16-29(22-39-20-27)37-41-12-14-44-37)8-10-32(35)33-11-9-26(19-36(33)43)28-17-30(23-40-21-28)38-42-13-15-45-38/h1-23H. The Morgan fingerprint density at radius 3 is 1.60 bits per heavy atom. The van der Waals surface area contributed by atoms with Crippen LogP contribution in [0.3, 0.4) is 0 Å². The molecule has 0 unspecified atom stereocenters. The van der Waals surface area contributed by atoms with Gasteiger partial charge in [0, 0.05) is 86.4 Å². The fraction of sp³-hybridized carbons (Fsp3) is 0. The number of fused-ring (bicyclic) bond motifs is 4. The number of rotatable bonds is 5. The van der Waals surface area contributed by atoms with Crippen LogP contribution in [0.15, 0.2) is 139 Å². The maximum atomic E-state index is 4.58. The number of pyridine rings is 2. The van der Waals surface area contributed by atoms with Gasteiger partial charge in [-0.15, -0.1) is 22.7 Å². The van der Waals surface area contributed by atoms with Gasteiger partial charge in [0.25, 0.3) is 0 Å². The molecule has 212 valence electrons. The predicted octanol–water partition coefficient (Wildman–Crippen LogP) is 10.3. The lowest BCUT2D eigenvalue weighted by Gasteiger charge is -2.13. The van der Waals surface area contributed by atoms with Crippen LogP contribution in [-0.2, 0) is 0 Å². The number of benzene rings is 4. The van der Waals surface area contributed by atoms with Gasteiger partial charge < -0.3 is 4.57 Å². The maximum Gasteiger partial charge on any atom is 0.124 e. The minimum absolute atomic E-state index is 0.969. The van der Waals surface area contributed by atoms with Crippen molar-refractivity contribution in [3.63, 3.8) is 0 Å². The summed E-state index contributed by atoms with van der Waals surface area (Å²) in [6.45, 7) is 0. The van der Waals surface area contributed by atoms with Crippen molar-refractivity contribution in [2.45, 2.75) is 0 Å². The first-order valence-electron chi connectivity index (χ1n) is 14.6. The van der Waals surface area contributed by atoms with E-state index in [1.54, 1.807) is 22.7 Å². The van der Waals surface area contributed by atoms with Crippen molar-refractivity contribution in [1.82, 2.24) is 24.5 Å². The van der Waals surface area contributed by atoms with Crippen molar-refractivity contribution in [2.75, 3.05) is 0 Å². The summed E-state index contributed by atoms with van der Waals surface area (Å²) in [5.41, 5.74) is 9.82. The van der Waals surface area contributed by atoms with Gasteiger partial charge in [-0.2, -0.15) is 0 Å². The van der Waals surface area contributed by atoms with E-state index in [0.29, 0.717) is 0 Å². The third kappa shape index (κ3) is 4.44. The molecular weight excluding hydrogens is 591 g/mol. The van der Waals surface area contributed by atoms with Gasteiger partial charge in [0.15, 0.2) is 0 Å². The van der Waals surface area contributed by atoms with Crippen LogP contribution in [-0.4, -0.2) is 24.5 Å². The Balaban J connectivity index is 1.29. The zero-order valence-corrected chi connectivity index (χ0v) is 25.5. The first-order valence-corrected chi connectivity index (χ1v) is 16.3. The fourth-order valence-corrected chi connectivity index (χ4v) is 7.44. The monoisotopic (exact) mass is 613 g/mol. The Morgan fingerprint density at radius 2 is 1.02 bits per heavy atom. The second kappa shape index (κ2) is 10.6. The van der Waals surface area contributed by atoms with Crippen molar-refractivity contribution in [3.8, 4) is 49.1 Å². The lowest BCUT2D eigenvalue weighted by Crippen LogP contribution is -1.96. The minimum Gasteiger partial charge on any atom is -0.309 e. The SMILES string of the molecule is c1ccc2c(-n3c4cc(-c5cncc(-c6nccs6)c5)ccc4c4ccc(-c5cncc(-c6nccs6)c5)cc43)cccc2c1. The van der Waals surface area contributed by atoms with Gasteiger partial charge in [-0.25, -0.2) is 9.97 Å². The predicted molar refractivity (Wildman–Crippen MR) is 187 cm³/mol. The summed E-state index contributed by atoms with van der Waals surface area (Å²) in [6.07, 6.45) is 11.3. The van der Waals surface area contributed by atoms with Crippen molar-refractivity contribution in [3.05, 3.63) is 139 Å². The molecule has 0 fully saturated rings. The number of nitrogens with zero attached hydrogens (tertiary/aromatic N) is 5. The zero-order valence-electron chi connectivity index (χ0n) is 23.8. The summed E-state index contributed by atoms with van der Waals surface area (Å²) < 4.78 is 2.41. The van der Waals surface area contributed by atoms with E-state index in [1.165, 1.54) is 21.5 Å². The molecule has 0 amide bonds. The van der Waals surface area contributed by atoms with E-state index >= 15 is 0 Å². The topological polar surface area (TPSA) is 56.5 Å². The van der Waals surface area contributed by atoms with E-state index in [0.717, 1.165) is 60.1 Å². The number of hydrogen-bond acceptors (Lipinski definition) is 6. The van der Waals surface area contributed by atoms with Crippen LogP contribution in [0.5, 0.6) is 0 Å². The van der Waals surface area contributed by atoms with Gasteiger partial charge in [0.1, 0.15) is 10.0 Å². The highest BCUT2D eigenvalue weighted by atomic mass is 32.1. The molecule has 0 aliphatic carbocycles. The molecule has 5 nitrogen and oxygen atoms in total. The van der Waals surface area contributed by atoms with Gasteiger partial charge in [0.2, 0.25) is 0 Å². The normalized spacial score (nSPS) is 11.6. The van der Waals surface area contributed by atoms with Gasteiger partial charge >= 0.3 is 0 Å². The first-order chi connectivity index (χ1) is 22.3. The molecule has 7 heteroatoms. The lowest BCUT2D eigenvalue weighted by atomic mass is 10.0. The molecule has 0 aliphatic heterocycles. The molecule has 5 heterocycles. The van der Waals surface area contributed by atoms with Crippen molar-refractivity contribution in [1.29, 1.82) is 0 Å². The summed E-state index contributed by atoms with van der Waals surface area (Å²) in [6, 6.07) is 33.0. The van der Waals surface area contributed by atoms with E-state index in [-0.39, 0.29) is 0 Å². The molecule has 0 aliphatic rings. The highest BCUT2D eigenvalue weighted by Crippen LogP contribution is 2.39. The van der Waals surface area contributed by atoms with E-state index < -0.39 is 0 Å². The summed E-state index contributed by atoms with van der Waals surface area (Å²) >= 11 is 3.25. The van der Waals surface area contributed by atoms with E-state index in [2.05, 4.69) is 115 Å². The molecular formula is C38H23N5S2. The minimum atomic E-state index is 0.969. The molecule has 9 rings (SSSR count). The van der Waals surface area contributed by atoms with Crippen LogP contribution in [0.25, 0.3) is 81.7 Å². The largest absolute Gasteiger partial charge is 0.309 e. The Bertz CT molecular complexity index is 2350. The average Bonchev–Trinajstić information content (AvgIpc) is 3.89. The average molecular weight is 614 g/mol. The molecule has 0 saturated heterocycles. The van der Waals surface area contributed by atoms with Crippen LogP contribution in [0.4, 0.5) is 0 Å². The Labute approximate surface area is 266 Å². The highest BCUT2D eigenvalue weighted by Gasteiger charge is 2.17. The van der Waals surface area contributed by atoms with Crippen LogP contribution in [0.1, 0.15) is 0 Å². The summed E-state index contributed by atoms with van der Waals surface area (Å²) in [5.74, 6) is 0. The van der Waals surface area contributed by atoms with E-state index in [4.69, 9.17) is 0 Å². The molecule has 0 radical (unpaired) electrons. The highest BCUT2D eigenvalue weighted by molar-refractivity contribution is 7.13. The molecule has 0 spiro atoms. The smallest absolute Gasteiger partial charge is 0.124 e. The fourth-order valence-electron chi connectivity index (χ4n) is 6.20. The third-order valence-corrected chi connectivity index (χ3v) is 9.92. The Kier molecular flexibility index (Phi) is 6.11. The van der Waals surface area contributed by atoms with Crippen molar-refractivity contribution in [2.24, 2.45) is 0 Å². The molecule has 45 heavy (non-hydrogen) atoms.